The van der Waals surface area contributed by atoms with Crippen molar-refractivity contribution in [3.63, 3.8) is 0 Å². The second-order valence-electron chi connectivity index (χ2n) is 7.52. The summed E-state index contributed by atoms with van der Waals surface area (Å²) in [4.78, 5) is 16.6. The van der Waals surface area contributed by atoms with E-state index in [0.29, 0.717) is 25.2 Å². The van der Waals surface area contributed by atoms with Crippen molar-refractivity contribution in [3.05, 3.63) is 56.8 Å². The molecule has 0 unspecified atom stereocenters. The third-order valence-electron chi connectivity index (χ3n) is 5.15. The number of hydrogen-bond acceptors (Lipinski definition) is 6. The minimum absolute atomic E-state index is 0.0415. The molecule has 176 valence electrons. The summed E-state index contributed by atoms with van der Waals surface area (Å²) < 4.78 is 55.3. The first-order chi connectivity index (χ1) is 15.6. The SMILES string of the molecule is COCC1CN(S(=O)(=O)Nc2ccc(F)c(Oc3ccc4ncn(C)c(=O)c4c3Cl)c2Cl)C1. The van der Waals surface area contributed by atoms with Gasteiger partial charge in [0.15, 0.2) is 11.6 Å². The Balaban J connectivity index is 1.64. The lowest BCUT2D eigenvalue weighted by molar-refractivity contribution is 0.0825. The van der Waals surface area contributed by atoms with Crippen LogP contribution in [0.4, 0.5) is 10.1 Å². The summed E-state index contributed by atoms with van der Waals surface area (Å²) in [6, 6.07) is 5.12. The first kappa shape index (κ1) is 23.7. The van der Waals surface area contributed by atoms with Crippen molar-refractivity contribution >= 4 is 50.0 Å². The molecule has 1 aromatic heterocycles. The van der Waals surface area contributed by atoms with Gasteiger partial charge < -0.3 is 14.0 Å². The fourth-order valence-corrected chi connectivity index (χ4v) is 5.36. The van der Waals surface area contributed by atoms with Crippen LogP contribution >= 0.6 is 23.2 Å². The second-order valence-corrected chi connectivity index (χ2v) is 9.94. The Bertz CT molecular complexity index is 1390. The standard InChI is InChI=1S/C20H19Cl2FN4O5S/c1-26-10-24-13-5-6-15(18(22)16(13)20(26)28)32-19-12(23)3-4-14(17(19)21)25-33(29,30)27-7-11(8-27)9-31-2/h3-6,10-11,25H,7-9H2,1-2H3. The van der Waals surface area contributed by atoms with Crippen molar-refractivity contribution in [2.45, 2.75) is 0 Å². The zero-order chi connectivity index (χ0) is 23.9. The molecule has 3 aromatic rings. The van der Waals surface area contributed by atoms with Crippen molar-refractivity contribution in [1.29, 1.82) is 0 Å². The van der Waals surface area contributed by atoms with E-state index in [-0.39, 0.29) is 32.8 Å². The molecule has 1 aliphatic rings. The highest BCUT2D eigenvalue weighted by atomic mass is 35.5. The summed E-state index contributed by atoms with van der Waals surface area (Å²) >= 11 is 12.6. The molecule has 2 heterocycles. The van der Waals surface area contributed by atoms with Crippen LogP contribution in [0, 0.1) is 11.7 Å². The van der Waals surface area contributed by atoms with Crippen molar-refractivity contribution in [2.24, 2.45) is 13.0 Å². The number of hydrogen-bond donors (Lipinski definition) is 1. The third-order valence-corrected chi connectivity index (χ3v) is 7.36. The van der Waals surface area contributed by atoms with E-state index in [0.717, 1.165) is 6.07 Å². The maximum Gasteiger partial charge on any atom is 0.301 e. The number of fused-ring (bicyclic) bond motifs is 1. The van der Waals surface area contributed by atoms with E-state index in [1.165, 1.54) is 40.4 Å². The van der Waals surface area contributed by atoms with Gasteiger partial charge in [0.05, 0.1) is 34.5 Å². The first-order valence-electron chi connectivity index (χ1n) is 9.69. The van der Waals surface area contributed by atoms with Crippen LogP contribution in [-0.2, 0) is 22.0 Å². The van der Waals surface area contributed by atoms with Crippen molar-refractivity contribution in [1.82, 2.24) is 13.9 Å². The highest BCUT2D eigenvalue weighted by Gasteiger charge is 2.36. The van der Waals surface area contributed by atoms with Gasteiger partial charge in [-0.15, -0.1) is 0 Å². The Hall–Kier alpha value is -2.44. The van der Waals surface area contributed by atoms with Gasteiger partial charge in [-0.2, -0.15) is 12.7 Å². The number of aryl methyl sites for hydroxylation is 1. The van der Waals surface area contributed by atoms with Gasteiger partial charge in [0.2, 0.25) is 0 Å². The van der Waals surface area contributed by atoms with E-state index in [1.807, 2.05) is 0 Å². The lowest BCUT2D eigenvalue weighted by Crippen LogP contribution is -2.53. The third kappa shape index (κ3) is 4.51. The molecule has 1 fully saturated rings. The van der Waals surface area contributed by atoms with E-state index >= 15 is 0 Å². The van der Waals surface area contributed by atoms with E-state index < -0.39 is 27.3 Å². The molecular formula is C20H19Cl2FN4O5S. The predicted molar refractivity (Wildman–Crippen MR) is 123 cm³/mol. The van der Waals surface area contributed by atoms with Gasteiger partial charge in [0, 0.05) is 33.2 Å². The fourth-order valence-electron chi connectivity index (χ4n) is 3.39. The largest absolute Gasteiger partial charge is 0.451 e. The number of aromatic nitrogens is 2. The molecule has 13 heteroatoms. The normalized spacial score (nSPS) is 14.9. The Morgan fingerprint density at radius 3 is 2.64 bits per heavy atom. The molecule has 0 bridgehead atoms. The van der Waals surface area contributed by atoms with E-state index in [1.54, 1.807) is 7.11 Å². The maximum atomic E-state index is 14.6. The molecule has 1 saturated heterocycles. The molecule has 9 nitrogen and oxygen atoms in total. The van der Waals surface area contributed by atoms with Crippen LogP contribution in [0.5, 0.6) is 11.5 Å². The average Bonchev–Trinajstić information content (AvgIpc) is 2.73. The summed E-state index contributed by atoms with van der Waals surface area (Å²) in [6.45, 7) is 1.04. The van der Waals surface area contributed by atoms with E-state index in [2.05, 4.69) is 9.71 Å². The topological polar surface area (TPSA) is 103 Å². The molecule has 33 heavy (non-hydrogen) atoms. The molecule has 4 rings (SSSR count). The van der Waals surface area contributed by atoms with E-state index in [9.17, 15) is 17.6 Å². The molecule has 0 radical (unpaired) electrons. The summed E-state index contributed by atoms with van der Waals surface area (Å²) in [5.41, 5.74) is -0.146. The molecule has 0 atom stereocenters. The Labute approximate surface area is 198 Å². The lowest BCUT2D eigenvalue weighted by Gasteiger charge is -2.37. The molecule has 0 spiro atoms. The van der Waals surface area contributed by atoms with Crippen LogP contribution < -0.4 is 15.0 Å². The monoisotopic (exact) mass is 516 g/mol. The minimum Gasteiger partial charge on any atom is -0.451 e. The Morgan fingerprint density at radius 2 is 1.94 bits per heavy atom. The number of rotatable bonds is 7. The van der Waals surface area contributed by atoms with Crippen LogP contribution in [-0.4, -0.2) is 49.1 Å². The van der Waals surface area contributed by atoms with Gasteiger partial charge in [-0.1, -0.05) is 23.2 Å². The molecule has 0 saturated carbocycles. The fraction of sp³-hybridized carbons (Fsp3) is 0.300. The number of nitrogens with one attached hydrogen (secondary N) is 1. The van der Waals surface area contributed by atoms with Gasteiger partial charge in [0.1, 0.15) is 10.8 Å². The molecule has 1 N–H and O–H groups in total. The van der Waals surface area contributed by atoms with Gasteiger partial charge in [0.25, 0.3) is 5.56 Å². The number of methoxy groups -OCH3 is 1. The highest BCUT2D eigenvalue weighted by molar-refractivity contribution is 7.90. The molecular weight excluding hydrogens is 498 g/mol. The summed E-state index contributed by atoms with van der Waals surface area (Å²) in [5, 5.41) is -0.286. The Morgan fingerprint density at radius 1 is 1.21 bits per heavy atom. The predicted octanol–water partition coefficient (Wildman–Crippen LogP) is 3.41. The van der Waals surface area contributed by atoms with Gasteiger partial charge in [-0.25, -0.2) is 9.37 Å². The minimum atomic E-state index is -3.91. The zero-order valence-electron chi connectivity index (χ0n) is 17.5. The average molecular weight is 517 g/mol. The van der Waals surface area contributed by atoms with E-state index in [4.69, 9.17) is 32.7 Å². The maximum absolute atomic E-state index is 14.6. The summed E-state index contributed by atoms with van der Waals surface area (Å²) in [7, 11) is -0.852. The van der Waals surface area contributed by atoms with Crippen LogP contribution in [0.1, 0.15) is 0 Å². The van der Waals surface area contributed by atoms with Crippen LogP contribution in [0.3, 0.4) is 0 Å². The summed E-state index contributed by atoms with van der Waals surface area (Å²) in [5.74, 6) is -1.23. The second kappa shape index (κ2) is 9.07. The quantitative estimate of drug-likeness (QED) is 0.516. The number of benzene rings is 2. The molecule has 0 amide bonds. The molecule has 1 aliphatic heterocycles. The number of anilines is 1. The number of halogens is 3. The van der Waals surface area contributed by atoms with Crippen LogP contribution in [0.25, 0.3) is 10.9 Å². The summed E-state index contributed by atoms with van der Waals surface area (Å²) in [6.07, 6.45) is 1.35. The lowest BCUT2D eigenvalue weighted by atomic mass is 10.1. The van der Waals surface area contributed by atoms with Crippen LogP contribution in [0.15, 0.2) is 35.4 Å². The van der Waals surface area contributed by atoms with Crippen molar-refractivity contribution < 1.29 is 22.3 Å². The smallest absolute Gasteiger partial charge is 0.301 e. The van der Waals surface area contributed by atoms with Gasteiger partial charge in [-0.3, -0.25) is 9.52 Å². The van der Waals surface area contributed by atoms with Crippen LogP contribution in [0.2, 0.25) is 10.0 Å². The van der Waals surface area contributed by atoms with Crippen molar-refractivity contribution in [2.75, 3.05) is 31.5 Å². The zero-order valence-corrected chi connectivity index (χ0v) is 19.8. The van der Waals surface area contributed by atoms with Crippen molar-refractivity contribution in [3.8, 4) is 11.5 Å². The highest BCUT2D eigenvalue weighted by Crippen LogP contribution is 2.41. The molecule has 2 aromatic carbocycles. The van der Waals surface area contributed by atoms with Gasteiger partial charge in [-0.05, 0) is 24.3 Å². The number of ether oxygens (including phenoxy) is 2. The van der Waals surface area contributed by atoms with Gasteiger partial charge >= 0.3 is 10.2 Å². The Kier molecular flexibility index (Phi) is 6.52. The number of nitrogens with zero attached hydrogens (tertiary/aromatic N) is 3. The molecule has 0 aliphatic carbocycles. The first-order valence-corrected chi connectivity index (χ1v) is 11.9.